The Morgan fingerprint density at radius 3 is 2.54 bits per heavy atom. The second-order valence-electron chi connectivity index (χ2n) is 2.16. The zero-order valence-corrected chi connectivity index (χ0v) is 6.30. The molecule has 1 aromatic carbocycles. The molecule has 0 atom stereocenters. The van der Waals surface area contributed by atoms with Crippen LogP contribution in [0.2, 0.25) is 0 Å². The maximum absolute atomic E-state index is 10.7. The molecule has 1 rings (SSSR count). The quantitative estimate of drug-likeness (QED) is 0.700. The Kier molecular flexibility index (Phi) is 2.44. The average Bonchev–Trinajstić information content (AvgIpc) is 2.17. The molecule has 0 bridgehead atoms. The van der Waals surface area contributed by atoms with Crippen molar-refractivity contribution in [3.63, 3.8) is 0 Å². The minimum Gasteiger partial charge on any atom is -0.505 e. The van der Waals surface area contributed by atoms with Crippen LogP contribution in [0.25, 0.3) is 0 Å². The van der Waals surface area contributed by atoms with Gasteiger partial charge in [0.2, 0.25) is 0 Å². The smallest absolute Gasteiger partial charge is 0.320 e. The maximum atomic E-state index is 10.7. The minimum absolute atomic E-state index is 0.297. The highest BCUT2D eigenvalue weighted by molar-refractivity contribution is 5.98. The molecule has 0 saturated heterocycles. The van der Waals surface area contributed by atoms with Crippen LogP contribution in [0.5, 0.6) is 5.75 Å². The Morgan fingerprint density at radius 2 is 2.00 bits per heavy atom. The number of aromatic hydroxyl groups is 1. The first-order valence-corrected chi connectivity index (χ1v) is 3.23. The van der Waals surface area contributed by atoms with Crippen LogP contribution in [0, 0.1) is 9.81 Å². The van der Waals surface area contributed by atoms with Crippen molar-refractivity contribution in [3.05, 3.63) is 33.6 Å². The number of phenols is 1. The molecule has 66 valence electrons. The van der Waals surface area contributed by atoms with E-state index >= 15 is 0 Å². The van der Waals surface area contributed by atoms with Gasteiger partial charge in [-0.05, 0) is 17.3 Å². The van der Waals surface area contributed by atoms with Crippen LogP contribution in [0.15, 0.2) is 28.6 Å². The summed E-state index contributed by atoms with van der Waals surface area (Å²) in [6.45, 7) is 0. The lowest BCUT2D eigenvalue weighted by molar-refractivity contribution is 0.0998. The number of nitroso groups, excluding NO2 is 2. The highest BCUT2D eigenvalue weighted by Gasteiger charge is 2.14. The largest absolute Gasteiger partial charge is 0.505 e. The lowest BCUT2D eigenvalue weighted by Crippen LogP contribution is -1.93. The number of amides is 1. The van der Waals surface area contributed by atoms with Crippen LogP contribution in [-0.2, 0) is 0 Å². The molecular weight excluding hydrogens is 176 g/mol. The van der Waals surface area contributed by atoms with E-state index in [0.717, 1.165) is 0 Å². The second kappa shape index (κ2) is 3.53. The van der Waals surface area contributed by atoms with Crippen molar-refractivity contribution in [2.45, 2.75) is 0 Å². The van der Waals surface area contributed by atoms with E-state index in [-0.39, 0.29) is 11.3 Å². The molecule has 13 heavy (non-hydrogen) atoms. The Morgan fingerprint density at radius 1 is 1.31 bits per heavy atom. The molecule has 0 aliphatic rings. The monoisotopic (exact) mass is 180 g/mol. The summed E-state index contributed by atoms with van der Waals surface area (Å²) in [6, 6.07) is 3.70. The predicted molar refractivity (Wildman–Crippen MR) is 43.7 cm³/mol. The Labute approximate surface area is 72.1 Å². The van der Waals surface area contributed by atoms with Gasteiger partial charge in [0.15, 0.2) is 5.75 Å². The molecule has 0 aromatic heterocycles. The third kappa shape index (κ3) is 1.56. The molecule has 1 aromatic rings. The van der Waals surface area contributed by atoms with Gasteiger partial charge in [0, 0.05) is 5.18 Å². The van der Waals surface area contributed by atoms with Gasteiger partial charge in [-0.3, -0.25) is 4.79 Å². The lowest BCUT2D eigenvalue weighted by Gasteiger charge is -1.98. The van der Waals surface area contributed by atoms with Crippen molar-refractivity contribution in [3.8, 4) is 5.75 Å². The van der Waals surface area contributed by atoms with Gasteiger partial charge in [-0.2, -0.15) is 0 Å². The van der Waals surface area contributed by atoms with Crippen molar-refractivity contribution < 1.29 is 9.90 Å². The van der Waals surface area contributed by atoms with Gasteiger partial charge in [-0.25, -0.2) is 0 Å². The van der Waals surface area contributed by atoms with Crippen molar-refractivity contribution in [2.75, 3.05) is 0 Å². The molecule has 0 aliphatic heterocycles. The van der Waals surface area contributed by atoms with Crippen molar-refractivity contribution in [1.82, 2.24) is 0 Å². The highest BCUT2D eigenvalue weighted by Crippen LogP contribution is 2.29. The highest BCUT2D eigenvalue weighted by atomic mass is 16.3. The summed E-state index contributed by atoms with van der Waals surface area (Å²) in [5, 5.41) is 13.7. The SMILES string of the molecule is O=NC(=O)c1cccc(N=O)c1O. The summed E-state index contributed by atoms with van der Waals surface area (Å²) in [5.41, 5.74) is -0.624. The van der Waals surface area contributed by atoms with Gasteiger partial charge < -0.3 is 5.11 Å². The number of rotatable bonds is 2. The first-order valence-electron chi connectivity index (χ1n) is 3.23. The third-order valence-corrected chi connectivity index (χ3v) is 1.43. The lowest BCUT2D eigenvalue weighted by atomic mass is 10.1. The molecule has 0 saturated carbocycles. The molecule has 0 aliphatic carbocycles. The number of nitrogens with zero attached hydrogens (tertiary/aromatic N) is 2. The van der Waals surface area contributed by atoms with E-state index in [1.54, 1.807) is 0 Å². The number of para-hydroxylation sites is 1. The molecule has 1 amide bonds. The predicted octanol–water partition coefficient (Wildman–Crippen LogP) is 1.70. The number of hydrogen-bond acceptors (Lipinski definition) is 5. The van der Waals surface area contributed by atoms with Crippen LogP contribution in [0.4, 0.5) is 5.69 Å². The topological polar surface area (TPSA) is 96.2 Å². The van der Waals surface area contributed by atoms with E-state index in [1.165, 1.54) is 18.2 Å². The van der Waals surface area contributed by atoms with E-state index in [4.69, 9.17) is 0 Å². The van der Waals surface area contributed by atoms with Gasteiger partial charge in [0.25, 0.3) is 0 Å². The van der Waals surface area contributed by atoms with Gasteiger partial charge in [-0.15, -0.1) is 9.81 Å². The number of carbonyl (C=O) groups is 1. The van der Waals surface area contributed by atoms with Gasteiger partial charge >= 0.3 is 5.91 Å². The number of carbonyl (C=O) groups excluding carboxylic acids is 1. The van der Waals surface area contributed by atoms with Crippen LogP contribution in [0.1, 0.15) is 10.4 Å². The fourth-order valence-corrected chi connectivity index (χ4v) is 0.827. The van der Waals surface area contributed by atoms with Crippen LogP contribution in [0.3, 0.4) is 0 Å². The van der Waals surface area contributed by atoms with E-state index in [9.17, 15) is 19.7 Å². The number of phenolic OH excluding ortho intramolecular Hbond substituents is 1. The normalized spacial score (nSPS) is 9.23. The first kappa shape index (κ1) is 8.98. The molecule has 0 radical (unpaired) electrons. The Balaban J connectivity index is 3.30. The molecule has 6 heteroatoms. The molecule has 0 unspecified atom stereocenters. The standard InChI is InChI=1S/C7H4N2O4/c10-6-4(7(11)9-13)2-1-3-5(6)8-12/h1-3,10H. The summed E-state index contributed by atoms with van der Waals surface area (Å²) in [7, 11) is 0. The summed E-state index contributed by atoms with van der Waals surface area (Å²) in [5.74, 6) is -1.76. The van der Waals surface area contributed by atoms with E-state index in [0.29, 0.717) is 0 Å². The van der Waals surface area contributed by atoms with Gasteiger partial charge in [-0.1, -0.05) is 6.07 Å². The molecule has 1 N–H and O–H groups in total. The maximum Gasteiger partial charge on any atom is 0.320 e. The number of hydrogen-bond donors (Lipinski definition) is 1. The fourth-order valence-electron chi connectivity index (χ4n) is 0.827. The minimum atomic E-state index is -1.14. The molecule has 0 fully saturated rings. The van der Waals surface area contributed by atoms with Crippen molar-refractivity contribution in [2.24, 2.45) is 10.4 Å². The Hall–Kier alpha value is -2.11. The van der Waals surface area contributed by atoms with Crippen molar-refractivity contribution in [1.29, 1.82) is 0 Å². The summed E-state index contributed by atoms with van der Waals surface area (Å²) in [6.07, 6.45) is 0. The van der Waals surface area contributed by atoms with E-state index in [1.807, 2.05) is 0 Å². The fraction of sp³-hybridized carbons (Fsp3) is 0. The Bertz CT molecular complexity index is 375. The molecule has 0 heterocycles. The van der Waals surface area contributed by atoms with E-state index in [2.05, 4.69) is 10.4 Å². The van der Waals surface area contributed by atoms with Crippen LogP contribution >= 0.6 is 0 Å². The van der Waals surface area contributed by atoms with Crippen LogP contribution < -0.4 is 0 Å². The first-order chi connectivity index (χ1) is 6.20. The molecule has 6 nitrogen and oxygen atoms in total. The summed E-state index contributed by atoms with van der Waals surface area (Å²) in [4.78, 5) is 30.6. The molecule has 0 spiro atoms. The second-order valence-corrected chi connectivity index (χ2v) is 2.16. The summed E-state index contributed by atoms with van der Waals surface area (Å²) >= 11 is 0. The van der Waals surface area contributed by atoms with Crippen LogP contribution in [-0.4, -0.2) is 11.0 Å². The van der Waals surface area contributed by atoms with Gasteiger partial charge in [0.05, 0.1) is 5.56 Å². The zero-order valence-electron chi connectivity index (χ0n) is 6.30. The van der Waals surface area contributed by atoms with Gasteiger partial charge in [0.1, 0.15) is 5.69 Å². The van der Waals surface area contributed by atoms with Crippen molar-refractivity contribution >= 4 is 11.6 Å². The number of benzene rings is 1. The zero-order chi connectivity index (χ0) is 9.84. The summed E-state index contributed by atoms with van der Waals surface area (Å²) < 4.78 is 0. The van der Waals surface area contributed by atoms with E-state index < -0.39 is 11.7 Å². The average molecular weight is 180 g/mol. The third-order valence-electron chi connectivity index (χ3n) is 1.43. The molecular formula is C7H4N2O4.